The van der Waals surface area contributed by atoms with Crippen LogP contribution in [0.4, 0.5) is 0 Å². The van der Waals surface area contributed by atoms with Gasteiger partial charge in [0.2, 0.25) is 0 Å². The van der Waals surface area contributed by atoms with Crippen LogP contribution >= 0.6 is 0 Å². The maximum Gasteiger partial charge on any atom is 0.323 e. The Balaban J connectivity index is 2.51. The molecule has 2 atom stereocenters. The first-order valence-electron chi connectivity index (χ1n) is 3.18. The number of ether oxygens (including phenoxy) is 1. The quantitative estimate of drug-likeness (QED) is 0.503. The van der Waals surface area contributed by atoms with E-state index < -0.39 is 0 Å². The molecule has 0 aromatic heterocycles. The molecule has 2 N–H and O–H groups in total. The normalized spacial score (nSPS) is 34.7. The van der Waals surface area contributed by atoms with Crippen molar-refractivity contribution in [2.75, 3.05) is 6.61 Å². The van der Waals surface area contributed by atoms with Crippen molar-refractivity contribution in [1.29, 1.82) is 0 Å². The van der Waals surface area contributed by atoms with E-state index in [0.717, 1.165) is 6.42 Å². The molecule has 0 unspecified atom stereocenters. The van der Waals surface area contributed by atoms with Crippen LogP contribution in [0.25, 0.3) is 0 Å². The summed E-state index contributed by atoms with van der Waals surface area (Å²) in [6.45, 7) is 2.52. The number of hydrogen-bond acceptors (Lipinski definition) is 3. The smallest absolute Gasteiger partial charge is 0.323 e. The van der Waals surface area contributed by atoms with Gasteiger partial charge in [-0.25, -0.2) is 0 Å². The minimum Gasteiger partial charge on any atom is -0.464 e. The Labute approximate surface area is 54.2 Å². The zero-order valence-electron chi connectivity index (χ0n) is 5.46. The average molecular weight is 129 g/mol. The average Bonchev–Trinajstić information content (AvgIpc) is 2.15. The first kappa shape index (κ1) is 6.55. The van der Waals surface area contributed by atoms with Crippen LogP contribution < -0.4 is 5.73 Å². The summed E-state index contributed by atoms with van der Waals surface area (Å²) in [6, 6.07) is -0.366. The van der Waals surface area contributed by atoms with Crippen molar-refractivity contribution < 1.29 is 9.53 Å². The van der Waals surface area contributed by atoms with Gasteiger partial charge >= 0.3 is 5.97 Å². The Bertz CT molecular complexity index is 124. The van der Waals surface area contributed by atoms with E-state index in [9.17, 15) is 4.79 Å². The summed E-state index contributed by atoms with van der Waals surface area (Å²) in [7, 11) is 0. The minimum atomic E-state index is -0.366. The summed E-state index contributed by atoms with van der Waals surface area (Å²) in [5.41, 5.74) is 5.46. The van der Waals surface area contributed by atoms with E-state index in [4.69, 9.17) is 10.5 Å². The largest absolute Gasteiger partial charge is 0.464 e. The van der Waals surface area contributed by atoms with Crippen molar-refractivity contribution in [3.05, 3.63) is 0 Å². The van der Waals surface area contributed by atoms with Crippen molar-refractivity contribution >= 4 is 5.97 Å². The fourth-order valence-electron chi connectivity index (χ4n) is 0.953. The lowest BCUT2D eigenvalue weighted by Crippen LogP contribution is -2.31. The van der Waals surface area contributed by atoms with Crippen LogP contribution in [-0.4, -0.2) is 18.6 Å². The van der Waals surface area contributed by atoms with Crippen LogP contribution in [0, 0.1) is 5.92 Å². The zero-order chi connectivity index (χ0) is 6.85. The van der Waals surface area contributed by atoms with E-state index in [-0.39, 0.29) is 17.9 Å². The van der Waals surface area contributed by atoms with E-state index in [1.54, 1.807) is 0 Å². The van der Waals surface area contributed by atoms with Crippen LogP contribution in [0.2, 0.25) is 0 Å². The summed E-state index contributed by atoms with van der Waals surface area (Å²) in [5.74, 6) is -0.000602. The number of cyclic esters (lactones) is 1. The first-order valence-corrected chi connectivity index (χ1v) is 3.18. The predicted molar refractivity (Wildman–Crippen MR) is 32.7 cm³/mol. The maximum absolute atomic E-state index is 10.6. The molecular weight excluding hydrogens is 118 g/mol. The summed E-state index contributed by atoms with van der Waals surface area (Å²) in [4.78, 5) is 10.6. The number of esters is 1. The summed E-state index contributed by atoms with van der Waals surface area (Å²) in [6.07, 6.45) is 0.924. The van der Waals surface area contributed by atoms with Gasteiger partial charge in [0.05, 0.1) is 6.61 Å². The molecule has 1 aliphatic heterocycles. The molecule has 1 rings (SSSR count). The molecule has 1 saturated heterocycles. The van der Waals surface area contributed by atoms with Crippen molar-refractivity contribution in [2.45, 2.75) is 19.4 Å². The maximum atomic E-state index is 10.6. The topological polar surface area (TPSA) is 52.3 Å². The van der Waals surface area contributed by atoms with Crippen LogP contribution in [-0.2, 0) is 9.53 Å². The van der Waals surface area contributed by atoms with Crippen LogP contribution in [0.3, 0.4) is 0 Å². The third-order valence-corrected chi connectivity index (χ3v) is 1.74. The number of carbonyl (C=O) groups is 1. The third-order valence-electron chi connectivity index (χ3n) is 1.74. The van der Waals surface area contributed by atoms with Gasteiger partial charge in [-0.05, 0) is 6.42 Å². The lowest BCUT2D eigenvalue weighted by molar-refractivity contribution is -0.139. The van der Waals surface area contributed by atoms with Crippen LogP contribution in [0.1, 0.15) is 13.3 Å². The Morgan fingerprint density at radius 2 is 2.56 bits per heavy atom. The molecule has 0 bridgehead atoms. The Kier molecular flexibility index (Phi) is 1.71. The van der Waals surface area contributed by atoms with Crippen molar-refractivity contribution in [1.82, 2.24) is 0 Å². The molecule has 0 radical (unpaired) electrons. The first-order chi connectivity index (χ1) is 4.25. The van der Waals surface area contributed by atoms with Gasteiger partial charge in [-0.3, -0.25) is 4.79 Å². The molecule has 0 aromatic carbocycles. The van der Waals surface area contributed by atoms with Gasteiger partial charge in [-0.15, -0.1) is 0 Å². The lowest BCUT2D eigenvalue weighted by Gasteiger charge is -2.04. The van der Waals surface area contributed by atoms with Crippen LogP contribution in [0.5, 0.6) is 0 Å². The Hall–Kier alpha value is -0.570. The highest BCUT2D eigenvalue weighted by Crippen LogP contribution is 2.15. The summed E-state index contributed by atoms with van der Waals surface area (Å²) < 4.78 is 4.70. The minimum absolute atomic E-state index is 0.248. The van der Waals surface area contributed by atoms with Crippen molar-refractivity contribution in [3.63, 3.8) is 0 Å². The number of rotatable bonds is 1. The second-order valence-electron chi connectivity index (χ2n) is 2.32. The van der Waals surface area contributed by atoms with Gasteiger partial charge < -0.3 is 10.5 Å². The van der Waals surface area contributed by atoms with E-state index >= 15 is 0 Å². The zero-order valence-corrected chi connectivity index (χ0v) is 5.46. The molecule has 0 saturated carbocycles. The van der Waals surface area contributed by atoms with E-state index in [1.807, 2.05) is 6.92 Å². The molecule has 3 heteroatoms. The summed E-state index contributed by atoms with van der Waals surface area (Å²) in [5, 5.41) is 0. The Morgan fingerprint density at radius 3 is 2.78 bits per heavy atom. The van der Waals surface area contributed by atoms with Gasteiger partial charge in [0.1, 0.15) is 6.04 Å². The van der Waals surface area contributed by atoms with E-state index in [0.29, 0.717) is 6.61 Å². The molecule has 1 fully saturated rings. The van der Waals surface area contributed by atoms with Gasteiger partial charge in [-0.1, -0.05) is 6.92 Å². The molecule has 52 valence electrons. The molecular formula is C6H11NO2. The second-order valence-corrected chi connectivity index (χ2v) is 2.32. The number of carbonyl (C=O) groups excluding carboxylic acids is 1. The number of hydrogen-bond donors (Lipinski definition) is 1. The van der Waals surface area contributed by atoms with Crippen LogP contribution in [0.15, 0.2) is 0 Å². The molecule has 0 aliphatic carbocycles. The summed E-state index contributed by atoms with van der Waals surface area (Å²) >= 11 is 0. The lowest BCUT2D eigenvalue weighted by atomic mass is 10.0. The van der Waals surface area contributed by atoms with Crippen molar-refractivity contribution in [3.8, 4) is 0 Å². The van der Waals surface area contributed by atoms with E-state index in [2.05, 4.69) is 0 Å². The van der Waals surface area contributed by atoms with Gasteiger partial charge in [0, 0.05) is 5.92 Å². The monoisotopic (exact) mass is 129 g/mol. The highest BCUT2D eigenvalue weighted by atomic mass is 16.5. The number of nitrogens with two attached hydrogens (primary N) is 1. The SMILES string of the molecule is CC[C@@H]1COC(=O)[C@H]1N. The fraction of sp³-hybridized carbons (Fsp3) is 0.833. The molecule has 9 heavy (non-hydrogen) atoms. The highest BCUT2D eigenvalue weighted by molar-refractivity contribution is 5.77. The van der Waals surface area contributed by atoms with Gasteiger partial charge in [-0.2, -0.15) is 0 Å². The van der Waals surface area contributed by atoms with Gasteiger partial charge in [0.15, 0.2) is 0 Å². The second kappa shape index (κ2) is 2.35. The Morgan fingerprint density at radius 1 is 1.89 bits per heavy atom. The van der Waals surface area contributed by atoms with Gasteiger partial charge in [0.25, 0.3) is 0 Å². The molecule has 0 amide bonds. The predicted octanol–water partition coefficient (Wildman–Crippen LogP) is -0.103. The molecule has 1 heterocycles. The van der Waals surface area contributed by atoms with Crippen molar-refractivity contribution in [2.24, 2.45) is 11.7 Å². The molecule has 0 aromatic rings. The van der Waals surface area contributed by atoms with E-state index in [1.165, 1.54) is 0 Å². The fourth-order valence-corrected chi connectivity index (χ4v) is 0.953. The molecule has 1 aliphatic rings. The molecule has 0 spiro atoms. The highest BCUT2D eigenvalue weighted by Gasteiger charge is 2.31. The standard InChI is InChI=1S/C6H11NO2/c1-2-4-3-9-6(8)5(4)7/h4-5H,2-3,7H2,1H3/t4-,5+/m1/s1. The molecule has 3 nitrogen and oxygen atoms in total. The third kappa shape index (κ3) is 1.05.